The van der Waals surface area contributed by atoms with Gasteiger partial charge < -0.3 is 5.73 Å². The molecule has 0 aliphatic carbocycles. The van der Waals surface area contributed by atoms with Crippen molar-refractivity contribution < 1.29 is 4.79 Å². The Kier molecular flexibility index (Phi) is 14.4. The zero-order chi connectivity index (χ0) is 28.3. The quantitative estimate of drug-likeness (QED) is 0.353. The second-order valence-corrected chi connectivity index (χ2v) is 8.01. The molecule has 4 aromatic rings. The predicted molar refractivity (Wildman–Crippen MR) is 150 cm³/mol. The molecule has 11 heteroatoms. The van der Waals surface area contributed by atoms with Gasteiger partial charge in [-0.2, -0.15) is 15.6 Å². The first-order valence-corrected chi connectivity index (χ1v) is 11.7. The number of aromatic amines is 1. The third-order valence-corrected chi connectivity index (χ3v) is 4.58. The second-order valence-electron chi connectivity index (χ2n) is 7.10. The van der Waals surface area contributed by atoms with Crippen LogP contribution in [0.15, 0.2) is 72.6 Å². The van der Waals surface area contributed by atoms with Crippen molar-refractivity contribution in [3.63, 3.8) is 0 Å². The van der Waals surface area contributed by atoms with Gasteiger partial charge in [0.1, 0.15) is 40.8 Å². The standard InChI is InChI=1S/C10H10N4.C8H6N2.C6H3BrN2.C3H7NO/c1-3-8-4-5-9(11-6-8)10-12-7(2)13-14-10;1-2-7-3-4-8(5-9)10-6-7;7-5-1-2-6(3-8)9-4-5;1-3(5)2-4/h3-6H,1H2,2H3,(H,12,13,14);2-4,6H,1H2;1-2,4H;2,4H2,1H3. The number of Topliss-reactive ketones (excluding diaryl/α,β-unsaturated/α-hetero) is 1. The van der Waals surface area contributed by atoms with Gasteiger partial charge in [0.2, 0.25) is 0 Å². The topological polar surface area (TPSA) is 171 Å². The van der Waals surface area contributed by atoms with E-state index in [2.05, 4.69) is 59.2 Å². The normalized spacial score (nSPS) is 8.89. The summed E-state index contributed by atoms with van der Waals surface area (Å²) in [5.74, 6) is 1.44. The van der Waals surface area contributed by atoms with Crippen molar-refractivity contribution in [3.8, 4) is 23.7 Å². The minimum absolute atomic E-state index is 0.0324. The number of hydrogen-bond donors (Lipinski definition) is 2. The highest BCUT2D eigenvalue weighted by atomic mass is 79.9. The average molecular weight is 572 g/mol. The number of nitriles is 2. The first-order chi connectivity index (χ1) is 18.3. The van der Waals surface area contributed by atoms with Crippen molar-refractivity contribution in [2.75, 3.05) is 6.54 Å². The molecule has 0 aromatic carbocycles. The fourth-order valence-corrected chi connectivity index (χ4v) is 2.38. The number of ketones is 1. The molecule has 0 aliphatic rings. The number of aromatic nitrogens is 6. The van der Waals surface area contributed by atoms with Crippen LogP contribution in [-0.2, 0) is 4.79 Å². The van der Waals surface area contributed by atoms with E-state index in [1.165, 1.54) is 6.92 Å². The summed E-state index contributed by atoms with van der Waals surface area (Å²) in [6.45, 7) is 10.7. The van der Waals surface area contributed by atoms with E-state index in [1.54, 1.807) is 55.0 Å². The minimum Gasteiger partial charge on any atom is -0.324 e. The zero-order valence-corrected chi connectivity index (χ0v) is 22.6. The summed E-state index contributed by atoms with van der Waals surface area (Å²) in [7, 11) is 0. The van der Waals surface area contributed by atoms with Gasteiger partial charge in [-0.3, -0.25) is 14.9 Å². The summed E-state index contributed by atoms with van der Waals surface area (Å²) in [5, 5.41) is 23.5. The van der Waals surface area contributed by atoms with E-state index < -0.39 is 0 Å². The number of halogens is 1. The van der Waals surface area contributed by atoms with Gasteiger partial charge in [-0.1, -0.05) is 37.4 Å². The molecule has 4 heterocycles. The number of H-pyrrole nitrogens is 1. The SMILES string of the molecule is C=Cc1ccc(-c2n[nH]c(C)n2)nc1.C=Cc1ccc(C#N)nc1.CC(=O)CN.N#Cc1ccc(Br)cn1. The number of nitrogens with one attached hydrogen (secondary N) is 1. The van der Waals surface area contributed by atoms with Crippen LogP contribution in [0, 0.1) is 29.6 Å². The molecule has 0 amide bonds. The lowest BCUT2D eigenvalue weighted by Gasteiger charge is -1.94. The van der Waals surface area contributed by atoms with E-state index in [0.717, 1.165) is 27.1 Å². The van der Waals surface area contributed by atoms with Crippen molar-refractivity contribution in [3.05, 3.63) is 101 Å². The molecular weight excluding hydrogens is 546 g/mol. The van der Waals surface area contributed by atoms with E-state index in [9.17, 15) is 4.79 Å². The van der Waals surface area contributed by atoms with Crippen LogP contribution in [0.2, 0.25) is 0 Å². The van der Waals surface area contributed by atoms with Crippen molar-refractivity contribution in [2.45, 2.75) is 13.8 Å². The number of carbonyl (C=O) groups is 1. The molecule has 4 aromatic heterocycles. The second kappa shape index (κ2) is 17.6. The third-order valence-electron chi connectivity index (χ3n) is 4.11. The molecule has 10 nitrogen and oxygen atoms in total. The average Bonchev–Trinajstić information content (AvgIpc) is 3.40. The van der Waals surface area contributed by atoms with E-state index in [1.807, 2.05) is 31.2 Å². The van der Waals surface area contributed by atoms with Gasteiger partial charge in [0.05, 0.1) is 6.54 Å². The highest BCUT2D eigenvalue weighted by Crippen LogP contribution is 2.12. The Morgan fingerprint density at radius 1 is 0.974 bits per heavy atom. The molecule has 0 spiro atoms. The lowest BCUT2D eigenvalue weighted by atomic mass is 10.2. The van der Waals surface area contributed by atoms with Crippen LogP contribution in [0.4, 0.5) is 0 Å². The van der Waals surface area contributed by atoms with Crippen LogP contribution in [-0.4, -0.2) is 42.5 Å². The van der Waals surface area contributed by atoms with Gasteiger partial charge in [-0.15, -0.1) is 0 Å². The van der Waals surface area contributed by atoms with Crippen molar-refractivity contribution in [1.29, 1.82) is 10.5 Å². The smallest absolute Gasteiger partial charge is 0.199 e. The highest BCUT2D eigenvalue weighted by molar-refractivity contribution is 9.10. The molecule has 0 atom stereocenters. The van der Waals surface area contributed by atoms with Crippen LogP contribution in [0.1, 0.15) is 35.3 Å². The maximum absolute atomic E-state index is 9.69. The Balaban J connectivity index is 0.000000269. The number of rotatable bonds is 4. The maximum atomic E-state index is 9.69. The molecule has 0 fully saturated rings. The lowest BCUT2D eigenvalue weighted by molar-refractivity contribution is -0.115. The number of pyridine rings is 3. The van der Waals surface area contributed by atoms with Gasteiger partial charge in [0.25, 0.3) is 0 Å². The molecule has 3 N–H and O–H groups in total. The van der Waals surface area contributed by atoms with Gasteiger partial charge in [-0.25, -0.2) is 15.0 Å². The summed E-state index contributed by atoms with van der Waals surface area (Å²) in [5.41, 5.74) is 8.38. The number of carbonyl (C=O) groups excluding carboxylic acids is 1. The maximum Gasteiger partial charge on any atom is 0.199 e. The fraction of sp³-hybridized carbons (Fsp3) is 0.111. The molecule has 0 saturated heterocycles. The Labute approximate surface area is 229 Å². The van der Waals surface area contributed by atoms with E-state index in [4.69, 9.17) is 16.3 Å². The molecule has 38 heavy (non-hydrogen) atoms. The summed E-state index contributed by atoms with van der Waals surface area (Å²) < 4.78 is 0.890. The first kappa shape index (κ1) is 31.2. The van der Waals surface area contributed by atoms with E-state index >= 15 is 0 Å². The van der Waals surface area contributed by atoms with Crippen molar-refractivity contribution in [1.82, 2.24) is 30.1 Å². The Hall–Kier alpha value is -4.84. The lowest BCUT2D eigenvalue weighted by Crippen LogP contribution is -2.07. The summed E-state index contributed by atoms with van der Waals surface area (Å²) in [4.78, 5) is 25.7. The summed E-state index contributed by atoms with van der Waals surface area (Å²) >= 11 is 3.20. The predicted octanol–water partition coefficient (Wildman–Crippen LogP) is 4.66. The first-order valence-electron chi connectivity index (χ1n) is 10.9. The summed E-state index contributed by atoms with van der Waals surface area (Å²) in [6.07, 6.45) is 8.40. The molecular formula is C27H26BrN9O. The minimum atomic E-state index is 0.0324. The summed E-state index contributed by atoms with van der Waals surface area (Å²) in [6, 6.07) is 14.6. The van der Waals surface area contributed by atoms with Gasteiger partial charge in [0.15, 0.2) is 5.82 Å². The fourth-order valence-electron chi connectivity index (χ4n) is 2.15. The van der Waals surface area contributed by atoms with Crippen LogP contribution in [0.3, 0.4) is 0 Å². The number of nitrogens with zero attached hydrogens (tertiary/aromatic N) is 7. The number of aryl methyl sites for hydroxylation is 1. The van der Waals surface area contributed by atoms with Crippen LogP contribution >= 0.6 is 15.9 Å². The number of hydrogen-bond acceptors (Lipinski definition) is 9. The van der Waals surface area contributed by atoms with Crippen molar-refractivity contribution >= 4 is 33.9 Å². The molecule has 192 valence electrons. The third kappa shape index (κ3) is 12.2. The number of nitrogens with two attached hydrogens (primary N) is 1. The highest BCUT2D eigenvalue weighted by Gasteiger charge is 2.03. The van der Waals surface area contributed by atoms with Crippen LogP contribution in [0.25, 0.3) is 23.7 Å². The van der Waals surface area contributed by atoms with Gasteiger partial charge >= 0.3 is 0 Å². The Bertz CT molecular complexity index is 1380. The van der Waals surface area contributed by atoms with Gasteiger partial charge in [0, 0.05) is 23.1 Å². The van der Waals surface area contributed by atoms with E-state index in [-0.39, 0.29) is 12.3 Å². The molecule has 4 rings (SSSR count). The van der Waals surface area contributed by atoms with Crippen LogP contribution in [0.5, 0.6) is 0 Å². The van der Waals surface area contributed by atoms with Crippen LogP contribution < -0.4 is 5.73 Å². The van der Waals surface area contributed by atoms with Gasteiger partial charge in [-0.05, 0) is 65.2 Å². The molecule has 0 radical (unpaired) electrons. The zero-order valence-electron chi connectivity index (χ0n) is 21.0. The monoisotopic (exact) mass is 571 g/mol. The molecule has 0 aliphatic heterocycles. The Morgan fingerprint density at radius 2 is 1.50 bits per heavy atom. The molecule has 0 bridgehead atoms. The largest absolute Gasteiger partial charge is 0.324 e. The Morgan fingerprint density at radius 3 is 1.84 bits per heavy atom. The van der Waals surface area contributed by atoms with Crippen molar-refractivity contribution in [2.24, 2.45) is 5.73 Å². The molecule has 0 saturated carbocycles. The molecule has 0 unspecified atom stereocenters. The van der Waals surface area contributed by atoms with E-state index in [0.29, 0.717) is 17.2 Å².